The largest absolute Gasteiger partial charge is 0.454 e. The van der Waals surface area contributed by atoms with E-state index >= 15 is 0 Å². The normalized spacial score (nSPS) is 14.5. The highest BCUT2D eigenvalue weighted by molar-refractivity contribution is 6.08. The van der Waals surface area contributed by atoms with E-state index in [1.165, 1.54) is 12.2 Å². The fourth-order valence-electron chi connectivity index (χ4n) is 2.98. The first kappa shape index (κ1) is 20.2. The van der Waals surface area contributed by atoms with Gasteiger partial charge in [-0.05, 0) is 47.5 Å². The van der Waals surface area contributed by atoms with Gasteiger partial charge in [0.25, 0.3) is 0 Å². The first-order valence-electron chi connectivity index (χ1n) is 9.72. The topological polar surface area (TPSA) is 71.1 Å². The third-order valence-electron chi connectivity index (χ3n) is 4.51. The first-order valence-corrected chi connectivity index (χ1v) is 9.72. The molecule has 4 rings (SSSR count). The van der Waals surface area contributed by atoms with Gasteiger partial charge in [0.15, 0.2) is 34.6 Å². The molecule has 156 valence electrons. The molecule has 0 saturated carbocycles. The van der Waals surface area contributed by atoms with Gasteiger partial charge in [-0.2, -0.15) is 0 Å². The van der Waals surface area contributed by atoms with Crippen molar-refractivity contribution in [1.29, 1.82) is 0 Å². The third-order valence-corrected chi connectivity index (χ3v) is 4.51. The summed E-state index contributed by atoms with van der Waals surface area (Å²) >= 11 is 0. The SMILES string of the molecule is O=C(C=CC=Cc1ccc2c(c1)OCO2)CC(=O)/C=C/C=Cc1ccc2c(c1)OCO2. The van der Waals surface area contributed by atoms with Gasteiger partial charge in [0.2, 0.25) is 13.6 Å². The second-order valence-electron chi connectivity index (χ2n) is 6.77. The molecule has 31 heavy (non-hydrogen) atoms. The van der Waals surface area contributed by atoms with E-state index in [4.69, 9.17) is 18.9 Å². The maximum atomic E-state index is 11.9. The number of ether oxygens (including phenoxy) is 4. The minimum atomic E-state index is -0.260. The molecule has 0 aromatic heterocycles. The van der Waals surface area contributed by atoms with Crippen molar-refractivity contribution in [1.82, 2.24) is 0 Å². The minimum absolute atomic E-state index is 0.178. The summed E-state index contributed by atoms with van der Waals surface area (Å²) in [5, 5.41) is 0. The van der Waals surface area contributed by atoms with Crippen LogP contribution >= 0.6 is 0 Å². The number of hydrogen-bond donors (Lipinski definition) is 0. The summed E-state index contributed by atoms with van der Waals surface area (Å²) in [4.78, 5) is 23.8. The summed E-state index contributed by atoms with van der Waals surface area (Å²) in [7, 11) is 0. The Morgan fingerprint density at radius 2 is 1.10 bits per heavy atom. The highest BCUT2D eigenvalue weighted by Crippen LogP contribution is 2.33. The van der Waals surface area contributed by atoms with E-state index in [9.17, 15) is 9.59 Å². The Bertz CT molecular complexity index is 1020. The molecule has 2 aromatic carbocycles. The lowest BCUT2D eigenvalue weighted by atomic mass is 10.1. The van der Waals surface area contributed by atoms with Gasteiger partial charge in [-0.1, -0.05) is 48.6 Å². The monoisotopic (exact) mass is 416 g/mol. The second-order valence-corrected chi connectivity index (χ2v) is 6.77. The summed E-state index contributed by atoms with van der Waals surface area (Å²) in [6, 6.07) is 11.2. The van der Waals surface area contributed by atoms with E-state index in [-0.39, 0.29) is 31.6 Å². The van der Waals surface area contributed by atoms with Crippen LogP contribution in [0.25, 0.3) is 12.2 Å². The van der Waals surface area contributed by atoms with E-state index < -0.39 is 0 Å². The molecule has 0 N–H and O–H groups in total. The van der Waals surface area contributed by atoms with Crippen LogP contribution in [0.15, 0.2) is 72.9 Å². The zero-order valence-corrected chi connectivity index (χ0v) is 16.7. The van der Waals surface area contributed by atoms with Gasteiger partial charge >= 0.3 is 0 Å². The zero-order valence-electron chi connectivity index (χ0n) is 16.7. The predicted molar refractivity (Wildman–Crippen MR) is 116 cm³/mol. The molecule has 0 aliphatic carbocycles. The van der Waals surface area contributed by atoms with Gasteiger partial charge in [0.05, 0.1) is 6.42 Å². The Balaban J connectivity index is 1.22. The molecule has 0 amide bonds. The molecule has 0 atom stereocenters. The summed E-state index contributed by atoms with van der Waals surface area (Å²) in [5.41, 5.74) is 1.85. The number of hydrogen-bond acceptors (Lipinski definition) is 6. The van der Waals surface area contributed by atoms with Crippen LogP contribution in [0.5, 0.6) is 23.0 Å². The van der Waals surface area contributed by atoms with Crippen LogP contribution in [-0.4, -0.2) is 25.2 Å². The number of allylic oxidation sites excluding steroid dienone is 6. The molecule has 6 nitrogen and oxygen atoms in total. The standard InChI is InChI=1S/C25H20O6/c26-20(7-3-1-5-18-9-11-22-24(13-18)30-16-28-22)15-21(27)8-4-2-6-19-10-12-23-25(14-19)31-17-29-23/h1-14H,15-17H2/b5-1?,6-2?,7-3+,8-4?. The van der Waals surface area contributed by atoms with E-state index in [0.717, 1.165) is 22.6 Å². The van der Waals surface area contributed by atoms with Gasteiger partial charge in [-0.25, -0.2) is 0 Å². The average molecular weight is 416 g/mol. The molecular formula is C25H20O6. The lowest BCUT2D eigenvalue weighted by Gasteiger charge is -1.96. The molecule has 2 heterocycles. The maximum Gasteiger partial charge on any atom is 0.231 e. The lowest BCUT2D eigenvalue weighted by molar-refractivity contribution is -0.121. The van der Waals surface area contributed by atoms with Crippen molar-refractivity contribution < 1.29 is 28.5 Å². The van der Waals surface area contributed by atoms with Crippen molar-refractivity contribution in [2.45, 2.75) is 6.42 Å². The van der Waals surface area contributed by atoms with Crippen LogP contribution in [0.3, 0.4) is 0 Å². The number of rotatable bonds is 8. The minimum Gasteiger partial charge on any atom is -0.454 e. The summed E-state index contributed by atoms with van der Waals surface area (Å²) in [6.45, 7) is 0.459. The molecule has 0 spiro atoms. The lowest BCUT2D eigenvalue weighted by Crippen LogP contribution is -2.01. The fourth-order valence-corrected chi connectivity index (χ4v) is 2.98. The Kier molecular flexibility index (Phi) is 6.28. The number of fused-ring (bicyclic) bond motifs is 2. The van der Waals surface area contributed by atoms with Crippen LogP contribution in [0.2, 0.25) is 0 Å². The van der Waals surface area contributed by atoms with Crippen LogP contribution in [-0.2, 0) is 9.59 Å². The fraction of sp³-hybridized carbons (Fsp3) is 0.120. The summed E-state index contributed by atoms with van der Waals surface area (Å²) < 4.78 is 21.2. The van der Waals surface area contributed by atoms with Crippen molar-refractivity contribution in [3.63, 3.8) is 0 Å². The van der Waals surface area contributed by atoms with Crippen LogP contribution in [0.1, 0.15) is 17.5 Å². The zero-order chi connectivity index (χ0) is 21.5. The van der Waals surface area contributed by atoms with E-state index in [0.29, 0.717) is 11.5 Å². The predicted octanol–water partition coefficient (Wildman–Crippen LogP) is 4.51. The Labute approximate surface area is 179 Å². The van der Waals surface area contributed by atoms with E-state index in [1.807, 2.05) is 48.6 Å². The van der Waals surface area contributed by atoms with Crippen molar-refractivity contribution in [3.8, 4) is 23.0 Å². The van der Waals surface area contributed by atoms with E-state index in [2.05, 4.69) is 0 Å². The third kappa shape index (κ3) is 5.51. The van der Waals surface area contributed by atoms with Gasteiger partial charge < -0.3 is 18.9 Å². The van der Waals surface area contributed by atoms with Gasteiger partial charge in [0.1, 0.15) is 0 Å². The molecule has 0 unspecified atom stereocenters. The van der Waals surface area contributed by atoms with Crippen molar-refractivity contribution in [3.05, 3.63) is 84.0 Å². The molecular weight excluding hydrogens is 396 g/mol. The Morgan fingerprint density at radius 1 is 0.645 bits per heavy atom. The van der Waals surface area contributed by atoms with Gasteiger partial charge in [-0.15, -0.1) is 0 Å². The quantitative estimate of drug-likeness (QED) is 0.358. The molecule has 6 heteroatoms. The maximum absolute atomic E-state index is 11.9. The van der Waals surface area contributed by atoms with Crippen LogP contribution in [0.4, 0.5) is 0 Å². The molecule has 2 aliphatic rings. The smallest absolute Gasteiger partial charge is 0.231 e. The van der Waals surface area contributed by atoms with Gasteiger partial charge in [-0.3, -0.25) is 9.59 Å². The van der Waals surface area contributed by atoms with Crippen LogP contribution in [0, 0.1) is 0 Å². The summed E-state index contributed by atoms with van der Waals surface area (Å²) in [6.07, 6.45) is 13.0. The molecule has 0 fully saturated rings. The number of benzene rings is 2. The van der Waals surface area contributed by atoms with Crippen molar-refractivity contribution in [2.24, 2.45) is 0 Å². The van der Waals surface area contributed by atoms with Crippen molar-refractivity contribution >= 4 is 23.7 Å². The highest BCUT2D eigenvalue weighted by atomic mass is 16.7. The Morgan fingerprint density at radius 3 is 1.58 bits per heavy atom. The van der Waals surface area contributed by atoms with E-state index in [1.54, 1.807) is 24.3 Å². The molecule has 0 saturated heterocycles. The molecule has 0 radical (unpaired) electrons. The Hall–Kier alpha value is -4.06. The molecule has 2 aromatic rings. The van der Waals surface area contributed by atoms with Crippen molar-refractivity contribution in [2.75, 3.05) is 13.6 Å². The number of ketones is 2. The second kappa shape index (κ2) is 9.63. The highest BCUT2D eigenvalue weighted by Gasteiger charge is 2.12. The molecule has 0 bridgehead atoms. The average Bonchev–Trinajstić information content (AvgIpc) is 3.42. The summed E-state index contributed by atoms with van der Waals surface area (Å²) in [5.74, 6) is 2.33. The van der Waals surface area contributed by atoms with Crippen LogP contribution < -0.4 is 18.9 Å². The van der Waals surface area contributed by atoms with Gasteiger partial charge in [0, 0.05) is 0 Å². The first-order chi connectivity index (χ1) is 15.2. The molecule has 2 aliphatic heterocycles. The number of carbonyl (C=O) groups excluding carboxylic acids is 2. The number of carbonyl (C=O) groups is 2.